The monoisotopic (exact) mass is 210 g/mol. The lowest BCUT2D eigenvalue weighted by atomic mass is 10.4. The van der Waals surface area contributed by atoms with Crippen molar-refractivity contribution in [3.05, 3.63) is 18.7 Å². The minimum atomic E-state index is -0.960. The molecule has 1 aromatic rings. The van der Waals surface area contributed by atoms with E-state index >= 15 is 0 Å². The number of aliphatic carboxylic acids is 1. The second-order valence-corrected chi connectivity index (χ2v) is 2.65. The fourth-order valence-corrected chi connectivity index (χ4v) is 0.822. The zero-order chi connectivity index (χ0) is 11.1. The fourth-order valence-electron chi connectivity index (χ4n) is 0.822. The third-order valence-corrected chi connectivity index (χ3v) is 1.44. The van der Waals surface area contributed by atoms with Crippen LogP contribution in [0, 0.1) is 0 Å². The van der Waals surface area contributed by atoms with Crippen molar-refractivity contribution in [2.45, 2.75) is 6.42 Å². The average Bonchev–Trinajstić information content (AvgIpc) is 2.18. The molecule has 0 radical (unpaired) electrons. The summed E-state index contributed by atoms with van der Waals surface area (Å²) in [5.74, 6) is -0.960. The van der Waals surface area contributed by atoms with E-state index in [9.17, 15) is 9.59 Å². The number of carboxylic acid groups (broad SMARTS) is 1. The number of aromatic nitrogens is 2. The predicted molar refractivity (Wildman–Crippen MR) is 51.3 cm³/mol. The van der Waals surface area contributed by atoms with Gasteiger partial charge in [0.05, 0.1) is 24.5 Å². The molecular formula is C8H10N4O3. The second kappa shape index (κ2) is 5.53. The van der Waals surface area contributed by atoms with Gasteiger partial charge >= 0.3 is 12.0 Å². The van der Waals surface area contributed by atoms with Crippen LogP contribution in [0.15, 0.2) is 18.7 Å². The zero-order valence-corrected chi connectivity index (χ0v) is 7.80. The summed E-state index contributed by atoms with van der Waals surface area (Å²) in [7, 11) is 0. The number of amides is 2. The maximum absolute atomic E-state index is 11.1. The van der Waals surface area contributed by atoms with Crippen LogP contribution in [0.1, 0.15) is 6.42 Å². The molecule has 0 aliphatic carbocycles. The molecule has 0 saturated carbocycles. The van der Waals surface area contributed by atoms with Crippen molar-refractivity contribution in [1.29, 1.82) is 0 Å². The SMILES string of the molecule is O=C(O)CCNC(=O)Nc1cncnc1. The van der Waals surface area contributed by atoms with Gasteiger partial charge in [0.1, 0.15) is 6.33 Å². The molecule has 0 spiro atoms. The van der Waals surface area contributed by atoms with E-state index in [-0.39, 0.29) is 13.0 Å². The lowest BCUT2D eigenvalue weighted by Crippen LogP contribution is -2.30. The lowest BCUT2D eigenvalue weighted by molar-refractivity contribution is -0.136. The second-order valence-electron chi connectivity index (χ2n) is 2.65. The van der Waals surface area contributed by atoms with E-state index in [1.165, 1.54) is 18.7 Å². The number of rotatable bonds is 4. The van der Waals surface area contributed by atoms with E-state index in [4.69, 9.17) is 5.11 Å². The van der Waals surface area contributed by atoms with Gasteiger partial charge in [-0.15, -0.1) is 0 Å². The van der Waals surface area contributed by atoms with Crippen LogP contribution in [0.2, 0.25) is 0 Å². The Hall–Kier alpha value is -2.18. The first-order valence-corrected chi connectivity index (χ1v) is 4.20. The van der Waals surface area contributed by atoms with Crippen molar-refractivity contribution in [2.75, 3.05) is 11.9 Å². The Morgan fingerprint density at radius 3 is 2.60 bits per heavy atom. The maximum Gasteiger partial charge on any atom is 0.319 e. The first-order valence-electron chi connectivity index (χ1n) is 4.20. The molecule has 1 rings (SSSR count). The van der Waals surface area contributed by atoms with Crippen LogP contribution in [-0.4, -0.2) is 33.6 Å². The molecule has 0 atom stereocenters. The number of hydrogen-bond acceptors (Lipinski definition) is 4. The summed E-state index contributed by atoms with van der Waals surface area (Å²) in [6.07, 6.45) is 4.10. The van der Waals surface area contributed by atoms with E-state index in [0.29, 0.717) is 5.69 Å². The van der Waals surface area contributed by atoms with Crippen molar-refractivity contribution in [3.8, 4) is 0 Å². The number of nitrogens with zero attached hydrogens (tertiary/aromatic N) is 2. The zero-order valence-electron chi connectivity index (χ0n) is 7.80. The van der Waals surface area contributed by atoms with E-state index < -0.39 is 12.0 Å². The predicted octanol–water partition coefficient (Wildman–Crippen LogP) is 0.0728. The molecule has 0 aliphatic heterocycles. The molecule has 80 valence electrons. The normalized spacial score (nSPS) is 9.33. The van der Waals surface area contributed by atoms with Crippen molar-refractivity contribution in [1.82, 2.24) is 15.3 Å². The Labute approximate surface area is 85.5 Å². The molecule has 0 bridgehead atoms. The van der Waals surface area contributed by atoms with Crippen molar-refractivity contribution in [2.24, 2.45) is 0 Å². The highest BCUT2D eigenvalue weighted by Gasteiger charge is 2.02. The molecular weight excluding hydrogens is 200 g/mol. The van der Waals surface area contributed by atoms with Crippen LogP contribution in [0.3, 0.4) is 0 Å². The van der Waals surface area contributed by atoms with Crippen molar-refractivity contribution >= 4 is 17.7 Å². The standard InChI is InChI=1S/C8H10N4O3/c13-7(14)1-2-11-8(15)12-6-3-9-5-10-4-6/h3-5H,1-2H2,(H,13,14)(H2,11,12,15). The van der Waals surface area contributed by atoms with Gasteiger partial charge < -0.3 is 15.7 Å². The van der Waals surface area contributed by atoms with Gasteiger partial charge in [-0.2, -0.15) is 0 Å². The molecule has 7 nitrogen and oxygen atoms in total. The highest BCUT2D eigenvalue weighted by Crippen LogP contribution is 1.98. The van der Waals surface area contributed by atoms with E-state index in [2.05, 4.69) is 20.6 Å². The summed E-state index contributed by atoms with van der Waals surface area (Å²) in [5, 5.41) is 13.1. The lowest BCUT2D eigenvalue weighted by Gasteiger charge is -2.04. The van der Waals surface area contributed by atoms with Gasteiger partial charge in [0.15, 0.2) is 0 Å². The number of hydrogen-bond donors (Lipinski definition) is 3. The van der Waals surface area contributed by atoms with Gasteiger partial charge in [-0.05, 0) is 0 Å². The highest BCUT2D eigenvalue weighted by molar-refractivity contribution is 5.88. The largest absolute Gasteiger partial charge is 0.481 e. The van der Waals surface area contributed by atoms with Crippen LogP contribution in [0.5, 0.6) is 0 Å². The third kappa shape index (κ3) is 4.55. The van der Waals surface area contributed by atoms with Crippen LogP contribution in [0.25, 0.3) is 0 Å². The molecule has 0 aromatic carbocycles. The summed E-state index contributed by atoms with van der Waals surface area (Å²) in [4.78, 5) is 28.7. The third-order valence-electron chi connectivity index (χ3n) is 1.44. The molecule has 3 N–H and O–H groups in total. The summed E-state index contributed by atoms with van der Waals surface area (Å²) >= 11 is 0. The molecule has 0 unspecified atom stereocenters. The van der Waals surface area contributed by atoms with Crippen LogP contribution in [-0.2, 0) is 4.79 Å². The Bertz CT molecular complexity index is 341. The Morgan fingerprint density at radius 2 is 2.00 bits per heavy atom. The highest BCUT2D eigenvalue weighted by atomic mass is 16.4. The summed E-state index contributed by atoms with van der Waals surface area (Å²) in [6.45, 7) is 0.0782. The first-order chi connectivity index (χ1) is 7.18. The molecule has 1 heterocycles. The van der Waals surface area contributed by atoms with Gasteiger partial charge in [0, 0.05) is 6.54 Å². The number of urea groups is 1. The van der Waals surface area contributed by atoms with Gasteiger partial charge in [0.25, 0.3) is 0 Å². The summed E-state index contributed by atoms with van der Waals surface area (Å²) in [5.41, 5.74) is 0.449. The van der Waals surface area contributed by atoms with E-state index in [1.54, 1.807) is 0 Å². The molecule has 7 heteroatoms. The molecule has 2 amide bonds. The van der Waals surface area contributed by atoms with Gasteiger partial charge in [0.2, 0.25) is 0 Å². The molecule has 0 aliphatic rings. The Balaban J connectivity index is 2.28. The molecule has 0 saturated heterocycles. The number of carbonyl (C=O) groups is 2. The van der Waals surface area contributed by atoms with Gasteiger partial charge in [-0.1, -0.05) is 0 Å². The van der Waals surface area contributed by atoms with Crippen LogP contribution in [0.4, 0.5) is 10.5 Å². The van der Waals surface area contributed by atoms with Crippen molar-refractivity contribution in [3.63, 3.8) is 0 Å². The van der Waals surface area contributed by atoms with E-state index in [0.717, 1.165) is 0 Å². The summed E-state index contributed by atoms with van der Waals surface area (Å²) in [6, 6.07) is -0.481. The Kier molecular flexibility index (Phi) is 4.02. The molecule has 0 fully saturated rings. The molecule has 15 heavy (non-hydrogen) atoms. The average molecular weight is 210 g/mol. The fraction of sp³-hybridized carbons (Fsp3) is 0.250. The van der Waals surface area contributed by atoms with Crippen LogP contribution >= 0.6 is 0 Å². The van der Waals surface area contributed by atoms with Gasteiger partial charge in [-0.25, -0.2) is 14.8 Å². The summed E-state index contributed by atoms with van der Waals surface area (Å²) < 4.78 is 0. The first kappa shape index (κ1) is 10.9. The topological polar surface area (TPSA) is 104 Å². The minimum absolute atomic E-state index is 0.0782. The number of nitrogens with one attached hydrogen (secondary N) is 2. The van der Waals surface area contributed by atoms with E-state index in [1.807, 2.05) is 0 Å². The maximum atomic E-state index is 11.1. The van der Waals surface area contributed by atoms with Crippen LogP contribution < -0.4 is 10.6 Å². The number of carboxylic acids is 1. The molecule has 1 aromatic heterocycles. The number of anilines is 1. The van der Waals surface area contributed by atoms with Crippen molar-refractivity contribution < 1.29 is 14.7 Å². The smallest absolute Gasteiger partial charge is 0.319 e. The van der Waals surface area contributed by atoms with Gasteiger partial charge in [-0.3, -0.25) is 4.79 Å². The number of carbonyl (C=O) groups excluding carboxylic acids is 1. The quantitative estimate of drug-likeness (QED) is 0.652. The minimum Gasteiger partial charge on any atom is -0.481 e. The Morgan fingerprint density at radius 1 is 1.33 bits per heavy atom.